The summed E-state index contributed by atoms with van der Waals surface area (Å²) in [7, 11) is 0. The molecule has 3 aliphatic rings. The quantitative estimate of drug-likeness (QED) is 0.543. The number of imide groups is 1. The van der Waals surface area contributed by atoms with Gasteiger partial charge in [0.25, 0.3) is 5.91 Å². The highest BCUT2D eigenvalue weighted by Crippen LogP contribution is 2.45. The molecule has 0 unspecified atom stereocenters. The summed E-state index contributed by atoms with van der Waals surface area (Å²) in [5, 5.41) is -0.149. The fourth-order valence-corrected chi connectivity index (χ4v) is 4.58. The standard InChI is InChI=1S/C20H22ClFN2O5/c1-11(2)29-18(26)12-8-15(14(22)9-13(12)21)23-17(25)16-10-28-20(24(16)19(23)27)6-4-3-5-7-20/h8-9,11,16H,3-7,10H2,1-2H3/t16-/m0/s1. The number of carbonyl (C=O) groups is 3. The lowest BCUT2D eigenvalue weighted by molar-refractivity contribution is -0.119. The van der Waals surface area contributed by atoms with Gasteiger partial charge in [-0.25, -0.2) is 18.9 Å². The van der Waals surface area contributed by atoms with Crippen LogP contribution in [0.3, 0.4) is 0 Å². The number of rotatable bonds is 3. The van der Waals surface area contributed by atoms with Crippen LogP contribution in [-0.2, 0) is 14.3 Å². The van der Waals surface area contributed by atoms with Crippen LogP contribution in [0.4, 0.5) is 14.9 Å². The number of carbonyl (C=O) groups excluding carboxylic acids is 3. The van der Waals surface area contributed by atoms with Gasteiger partial charge in [0.2, 0.25) is 0 Å². The Hall–Kier alpha value is -2.19. The van der Waals surface area contributed by atoms with E-state index in [1.165, 1.54) is 4.90 Å². The number of amides is 3. The lowest BCUT2D eigenvalue weighted by Crippen LogP contribution is -2.50. The lowest BCUT2D eigenvalue weighted by atomic mass is 9.90. The van der Waals surface area contributed by atoms with E-state index < -0.39 is 41.6 Å². The van der Waals surface area contributed by atoms with Crippen molar-refractivity contribution >= 4 is 35.2 Å². The molecule has 0 aromatic heterocycles. The SMILES string of the molecule is CC(C)OC(=O)c1cc(N2C(=O)[C@@H]3COC4(CCCCC4)N3C2=O)c(F)cc1Cl. The third-order valence-corrected chi connectivity index (χ3v) is 5.95. The second-order valence-corrected chi connectivity index (χ2v) is 8.30. The lowest BCUT2D eigenvalue weighted by Gasteiger charge is -2.39. The van der Waals surface area contributed by atoms with Gasteiger partial charge in [-0.1, -0.05) is 18.0 Å². The van der Waals surface area contributed by atoms with Crippen LogP contribution in [-0.4, -0.2) is 47.3 Å². The average molecular weight is 425 g/mol. The van der Waals surface area contributed by atoms with E-state index in [0.717, 1.165) is 36.3 Å². The number of urea groups is 1. The smallest absolute Gasteiger partial charge is 0.339 e. The van der Waals surface area contributed by atoms with Crippen molar-refractivity contribution in [1.29, 1.82) is 0 Å². The number of ether oxygens (including phenoxy) is 2. The molecule has 3 amide bonds. The van der Waals surface area contributed by atoms with Gasteiger partial charge in [-0.05, 0) is 51.7 Å². The molecule has 1 aromatic carbocycles. The van der Waals surface area contributed by atoms with Gasteiger partial charge < -0.3 is 9.47 Å². The van der Waals surface area contributed by atoms with Gasteiger partial charge in [-0.2, -0.15) is 0 Å². The zero-order valence-electron chi connectivity index (χ0n) is 16.2. The molecule has 1 aromatic rings. The molecule has 2 heterocycles. The predicted octanol–water partition coefficient (Wildman–Crippen LogP) is 3.87. The molecule has 1 saturated carbocycles. The summed E-state index contributed by atoms with van der Waals surface area (Å²) >= 11 is 6.01. The van der Waals surface area contributed by atoms with E-state index in [2.05, 4.69) is 0 Å². The van der Waals surface area contributed by atoms with Gasteiger partial charge in [-0.3, -0.25) is 9.69 Å². The van der Waals surface area contributed by atoms with Crippen molar-refractivity contribution in [1.82, 2.24) is 4.90 Å². The Morgan fingerprint density at radius 2 is 1.97 bits per heavy atom. The molecule has 2 aliphatic heterocycles. The average Bonchev–Trinajstić information content (AvgIpc) is 3.13. The van der Waals surface area contributed by atoms with Crippen molar-refractivity contribution in [2.24, 2.45) is 0 Å². The monoisotopic (exact) mass is 424 g/mol. The Bertz CT molecular complexity index is 884. The number of fused-ring (bicyclic) bond motifs is 2. The molecule has 4 rings (SSSR count). The molecule has 29 heavy (non-hydrogen) atoms. The van der Waals surface area contributed by atoms with Crippen molar-refractivity contribution in [2.45, 2.75) is 63.8 Å². The van der Waals surface area contributed by atoms with E-state index in [-0.39, 0.29) is 22.9 Å². The molecule has 0 N–H and O–H groups in total. The van der Waals surface area contributed by atoms with E-state index in [1.807, 2.05) is 0 Å². The number of hydrogen-bond donors (Lipinski definition) is 0. The van der Waals surface area contributed by atoms with Crippen LogP contribution < -0.4 is 4.90 Å². The molecule has 156 valence electrons. The minimum absolute atomic E-state index is 0.0819. The van der Waals surface area contributed by atoms with E-state index in [0.29, 0.717) is 12.8 Å². The molecule has 0 radical (unpaired) electrons. The van der Waals surface area contributed by atoms with Crippen molar-refractivity contribution in [3.63, 3.8) is 0 Å². The van der Waals surface area contributed by atoms with Gasteiger partial charge in [0.1, 0.15) is 17.6 Å². The maximum atomic E-state index is 14.7. The first kappa shape index (κ1) is 20.1. The highest BCUT2D eigenvalue weighted by molar-refractivity contribution is 6.34. The largest absolute Gasteiger partial charge is 0.459 e. The summed E-state index contributed by atoms with van der Waals surface area (Å²) in [6.45, 7) is 3.42. The first-order valence-corrected chi connectivity index (χ1v) is 10.1. The summed E-state index contributed by atoms with van der Waals surface area (Å²) in [5.74, 6) is -2.18. The zero-order valence-corrected chi connectivity index (χ0v) is 17.0. The predicted molar refractivity (Wildman–Crippen MR) is 102 cm³/mol. The van der Waals surface area contributed by atoms with Gasteiger partial charge in [0.05, 0.1) is 29.0 Å². The van der Waals surface area contributed by atoms with Gasteiger partial charge in [0, 0.05) is 0 Å². The second kappa shape index (κ2) is 7.25. The van der Waals surface area contributed by atoms with E-state index in [4.69, 9.17) is 21.1 Å². The normalized spacial score (nSPS) is 23.3. The van der Waals surface area contributed by atoms with E-state index in [9.17, 15) is 18.8 Å². The van der Waals surface area contributed by atoms with E-state index >= 15 is 0 Å². The van der Waals surface area contributed by atoms with Crippen LogP contribution in [0.25, 0.3) is 0 Å². The number of esters is 1. The molecule has 3 fully saturated rings. The van der Waals surface area contributed by atoms with Crippen molar-refractivity contribution in [3.8, 4) is 0 Å². The molecule has 1 aliphatic carbocycles. The topological polar surface area (TPSA) is 76.2 Å². The third kappa shape index (κ3) is 3.18. The van der Waals surface area contributed by atoms with Gasteiger partial charge in [0.15, 0.2) is 0 Å². The van der Waals surface area contributed by atoms with Crippen molar-refractivity contribution < 1.29 is 28.2 Å². The van der Waals surface area contributed by atoms with Crippen LogP contribution in [0.15, 0.2) is 12.1 Å². The Balaban J connectivity index is 1.71. The Morgan fingerprint density at radius 1 is 1.28 bits per heavy atom. The molecule has 2 saturated heterocycles. The summed E-state index contributed by atoms with van der Waals surface area (Å²) in [5.41, 5.74) is -1.22. The molecular formula is C20H22ClFN2O5. The van der Waals surface area contributed by atoms with Gasteiger partial charge in [-0.15, -0.1) is 0 Å². The molecule has 7 nitrogen and oxygen atoms in total. The van der Waals surface area contributed by atoms with Crippen LogP contribution in [0.1, 0.15) is 56.3 Å². The number of nitrogens with zero attached hydrogens (tertiary/aromatic N) is 2. The number of halogens is 2. The minimum atomic E-state index is -0.863. The Morgan fingerprint density at radius 3 is 2.62 bits per heavy atom. The minimum Gasteiger partial charge on any atom is -0.459 e. The third-order valence-electron chi connectivity index (χ3n) is 5.64. The zero-order chi connectivity index (χ0) is 20.9. The summed E-state index contributed by atoms with van der Waals surface area (Å²) < 4.78 is 25.8. The van der Waals surface area contributed by atoms with E-state index in [1.54, 1.807) is 13.8 Å². The summed E-state index contributed by atoms with van der Waals surface area (Å²) in [6.07, 6.45) is 3.71. The Kier molecular flexibility index (Phi) is 5.02. The first-order valence-electron chi connectivity index (χ1n) is 9.76. The first-order chi connectivity index (χ1) is 13.7. The molecule has 0 bridgehead atoms. The van der Waals surface area contributed by atoms with Crippen LogP contribution >= 0.6 is 11.6 Å². The molecular weight excluding hydrogens is 403 g/mol. The van der Waals surface area contributed by atoms with Crippen LogP contribution in [0, 0.1) is 5.82 Å². The molecule has 1 spiro atoms. The van der Waals surface area contributed by atoms with Crippen LogP contribution in [0.5, 0.6) is 0 Å². The summed E-state index contributed by atoms with van der Waals surface area (Å²) in [6, 6.07) is 0.602. The molecule has 1 atom stereocenters. The molecule has 9 heteroatoms. The van der Waals surface area contributed by atoms with Gasteiger partial charge >= 0.3 is 12.0 Å². The fourth-order valence-electron chi connectivity index (χ4n) is 4.36. The maximum Gasteiger partial charge on any atom is 0.339 e. The van der Waals surface area contributed by atoms with Crippen molar-refractivity contribution in [3.05, 3.63) is 28.5 Å². The number of benzene rings is 1. The van der Waals surface area contributed by atoms with Crippen LogP contribution in [0.2, 0.25) is 5.02 Å². The highest BCUT2D eigenvalue weighted by Gasteiger charge is 2.60. The van der Waals surface area contributed by atoms with Crippen molar-refractivity contribution in [2.75, 3.05) is 11.5 Å². The number of hydrogen-bond acceptors (Lipinski definition) is 5. The summed E-state index contributed by atoms with van der Waals surface area (Å²) in [4.78, 5) is 40.7. The fraction of sp³-hybridized carbons (Fsp3) is 0.550. The number of anilines is 1. The highest BCUT2D eigenvalue weighted by atomic mass is 35.5. The Labute approximate surface area is 172 Å². The maximum absolute atomic E-state index is 14.7. The second-order valence-electron chi connectivity index (χ2n) is 7.90.